The van der Waals surface area contributed by atoms with E-state index in [0.29, 0.717) is 34.8 Å². The lowest BCUT2D eigenvalue weighted by atomic mass is 10.1. The fraction of sp³-hybridized carbons (Fsp3) is 0.440. The molecule has 208 valence electrons. The van der Waals surface area contributed by atoms with Gasteiger partial charge in [0.1, 0.15) is 41.7 Å². The molecule has 0 saturated carbocycles. The number of methoxy groups -OCH3 is 1. The molecule has 1 N–H and O–H groups in total. The van der Waals surface area contributed by atoms with E-state index in [1.165, 1.54) is 29.9 Å². The molecule has 0 spiro atoms. The lowest BCUT2D eigenvalue weighted by Crippen LogP contribution is -2.35. The van der Waals surface area contributed by atoms with E-state index in [4.69, 9.17) is 18.9 Å². The van der Waals surface area contributed by atoms with Gasteiger partial charge < -0.3 is 24.3 Å². The van der Waals surface area contributed by atoms with Crippen molar-refractivity contribution < 1.29 is 32.9 Å². The molecule has 39 heavy (non-hydrogen) atoms. The summed E-state index contributed by atoms with van der Waals surface area (Å²) in [5.41, 5.74) is 1.85. The van der Waals surface area contributed by atoms with Gasteiger partial charge in [-0.05, 0) is 34.2 Å². The molecule has 2 amide bonds. The maximum Gasteiger partial charge on any atom is 0.285 e. The van der Waals surface area contributed by atoms with E-state index in [2.05, 4.69) is 24.1 Å². The molecule has 0 aliphatic carbocycles. The Morgan fingerprint density at radius 3 is 2.62 bits per heavy atom. The third-order valence-corrected chi connectivity index (χ3v) is 7.77. The quantitative estimate of drug-likeness (QED) is 0.482. The van der Waals surface area contributed by atoms with Crippen LogP contribution in [0.2, 0.25) is 0 Å². The van der Waals surface area contributed by atoms with Crippen LogP contribution in [0.25, 0.3) is 5.52 Å². The second kappa shape index (κ2) is 10.6. The fourth-order valence-corrected chi connectivity index (χ4v) is 5.95. The van der Waals surface area contributed by atoms with Crippen molar-refractivity contribution in [2.75, 3.05) is 38.2 Å². The molecular weight excluding hydrogens is 531 g/mol. The summed E-state index contributed by atoms with van der Waals surface area (Å²) in [6.07, 6.45) is 4.94. The topological polar surface area (TPSA) is 138 Å². The second-order valence-electron chi connectivity index (χ2n) is 9.59. The average Bonchev–Trinajstić information content (AvgIpc) is 3.54. The van der Waals surface area contributed by atoms with E-state index in [1.807, 2.05) is 0 Å². The van der Waals surface area contributed by atoms with Gasteiger partial charge in [-0.25, -0.2) is 13.9 Å². The first-order valence-corrected chi connectivity index (χ1v) is 14.5. The molecule has 3 aromatic rings. The minimum atomic E-state index is -2.16. The molecule has 5 rings (SSSR count). The van der Waals surface area contributed by atoms with Crippen LogP contribution >= 0.6 is 0 Å². The highest BCUT2D eigenvalue weighted by Crippen LogP contribution is 2.36. The number of fused-ring (bicyclic) bond motifs is 2. The van der Waals surface area contributed by atoms with Gasteiger partial charge in [-0.15, -0.1) is 0 Å². The summed E-state index contributed by atoms with van der Waals surface area (Å²) in [4.78, 5) is 28.8. The summed E-state index contributed by atoms with van der Waals surface area (Å²) < 4.78 is 47.2. The molecule has 0 bridgehead atoms. The minimum Gasteiger partial charge on any atom is -0.483 e. The van der Waals surface area contributed by atoms with Gasteiger partial charge in [0.2, 0.25) is 5.91 Å². The first-order chi connectivity index (χ1) is 18.6. The van der Waals surface area contributed by atoms with Gasteiger partial charge in [0, 0.05) is 38.8 Å². The Morgan fingerprint density at radius 2 is 1.90 bits per heavy atom. The van der Waals surface area contributed by atoms with Crippen molar-refractivity contribution in [2.24, 2.45) is 8.73 Å². The zero-order valence-corrected chi connectivity index (χ0v) is 22.9. The summed E-state index contributed by atoms with van der Waals surface area (Å²) in [5.74, 6) is -0.762. The fourth-order valence-electron chi connectivity index (χ4n) is 4.77. The lowest BCUT2D eigenvalue weighted by Gasteiger charge is -2.20. The third-order valence-electron chi connectivity index (χ3n) is 6.46. The minimum absolute atomic E-state index is 0.188. The van der Waals surface area contributed by atoms with Crippen molar-refractivity contribution in [3.63, 3.8) is 0 Å². The number of halogens is 1. The summed E-state index contributed by atoms with van der Waals surface area (Å²) in [6.45, 7) is 3.73. The first-order valence-electron chi connectivity index (χ1n) is 12.1. The first kappa shape index (κ1) is 27.1. The summed E-state index contributed by atoms with van der Waals surface area (Å²) in [7, 11) is -0.562. The number of carbonyl (C=O) groups is 2. The Hall–Kier alpha value is -3.46. The van der Waals surface area contributed by atoms with Gasteiger partial charge in [0.15, 0.2) is 11.9 Å². The number of rotatable bonds is 6. The Bertz CT molecular complexity index is 1570. The Kier molecular flexibility index (Phi) is 7.37. The molecule has 2 aliphatic heterocycles. The van der Waals surface area contributed by atoms with Crippen LogP contribution in [0.4, 0.5) is 15.9 Å². The summed E-state index contributed by atoms with van der Waals surface area (Å²) in [6, 6.07) is 4.12. The average molecular weight is 561 g/mol. The van der Waals surface area contributed by atoms with Crippen molar-refractivity contribution in [1.29, 1.82) is 0 Å². The molecule has 2 aliphatic rings. The standard InChI is InChI=1S/C25H29FN6O6S/c1-13-16(25(34)31-39(4,5)30-14(2)33)9-32-21(13)24(27-12-28-32)29-17-7-6-15(26)8-18(17)38-20-11-37-22-19(35-3)10-36-23(20)22/h6-9,12,19-20,22-23H,10-11H2,1-5H3,(H,27,28,29)/t19-,20-,22?,23-/m1/s1. The maximum atomic E-state index is 14.3. The van der Waals surface area contributed by atoms with Crippen molar-refractivity contribution in [3.05, 3.63) is 47.7 Å². The number of amides is 2. The molecule has 2 fully saturated rings. The Morgan fingerprint density at radius 1 is 1.18 bits per heavy atom. The number of carbonyl (C=O) groups excluding carboxylic acids is 2. The molecule has 1 aromatic carbocycles. The molecule has 2 saturated heterocycles. The predicted molar refractivity (Wildman–Crippen MR) is 141 cm³/mol. The molecule has 1 unspecified atom stereocenters. The lowest BCUT2D eigenvalue weighted by molar-refractivity contribution is -0.115. The molecule has 2 aromatic heterocycles. The van der Waals surface area contributed by atoms with Crippen LogP contribution in [0, 0.1) is 12.7 Å². The highest BCUT2D eigenvalue weighted by Gasteiger charge is 2.49. The number of nitrogens with one attached hydrogen (secondary N) is 1. The predicted octanol–water partition coefficient (Wildman–Crippen LogP) is 2.95. The highest BCUT2D eigenvalue weighted by molar-refractivity contribution is 7.95. The van der Waals surface area contributed by atoms with Crippen LogP contribution in [0.1, 0.15) is 22.8 Å². The molecular formula is C25H29FN6O6S. The number of aryl methyl sites for hydroxylation is 1. The Balaban J connectivity index is 1.46. The number of hydrogen-bond donors (Lipinski definition) is 1. The van der Waals surface area contributed by atoms with Crippen LogP contribution in [-0.2, 0) is 28.6 Å². The summed E-state index contributed by atoms with van der Waals surface area (Å²) >= 11 is 0. The smallest absolute Gasteiger partial charge is 0.285 e. The van der Waals surface area contributed by atoms with Crippen molar-refractivity contribution in [1.82, 2.24) is 14.6 Å². The largest absolute Gasteiger partial charge is 0.483 e. The van der Waals surface area contributed by atoms with Crippen LogP contribution in [0.15, 0.2) is 39.4 Å². The van der Waals surface area contributed by atoms with Gasteiger partial charge in [-0.2, -0.15) is 13.8 Å². The van der Waals surface area contributed by atoms with Crippen LogP contribution in [-0.4, -0.2) is 83.7 Å². The van der Waals surface area contributed by atoms with E-state index < -0.39 is 33.4 Å². The molecule has 12 nitrogen and oxygen atoms in total. The maximum absolute atomic E-state index is 14.3. The third kappa shape index (κ3) is 5.50. The van der Waals surface area contributed by atoms with E-state index in [-0.39, 0.29) is 30.7 Å². The zero-order chi connectivity index (χ0) is 27.9. The molecule has 4 heterocycles. The number of aromatic nitrogens is 3. The highest BCUT2D eigenvalue weighted by atomic mass is 32.2. The zero-order valence-electron chi connectivity index (χ0n) is 22.1. The number of anilines is 2. The molecule has 14 heteroatoms. The van der Waals surface area contributed by atoms with Crippen molar-refractivity contribution in [2.45, 2.75) is 38.3 Å². The SMILES string of the molecule is CO[C@@H]1CO[C@H]2C1OC[C@H]2Oc1cc(F)ccc1Nc1ncnn2cc(C(=O)N=S(C)(C)=NC(C)=O)c(C)c12. The van der Waals surface area contributed by atoms with Gasteiger partial charge in [0.05, 0.1) is 24.5 Å². The van der Waals surface area contributed by atoms with Gasteiger partial charge in [-0.1, -0.05) is 0 Å². The normalized spacial score (nSPS) is 22.5. The van der Waals surface area contributed by atoms with E-state index >= 15 is 0 Å². The van der Waals surface area contributed by atoms with E-state index in [9.17, 15) is 14.0 Å². The van der Waals surface area contributed by atoms with E-state index in [0.717, 1.165) is 0 Å². The molecule has 4 atom stereocenters. The number of hydrogen-bond acceptors (Lipinski definition) is 9. The second-order valence-corrected chi connectivity index (χ2v) is 12.4. The number of nitrogens with zero attached hydrogens (tertiary/aromatic N) is 5. The van der Waals surface area contributed by atoms with Gasteiger partial charge in [0.25, 0.3) is 5.91 Å². The van der Waals surface area contributed by atoms with Gasteiger partial charge in [-0.3, -0.25) is 9.59 Å². The van der Waals surface area contributed by atoms with Crippen LogP contribution in [0.3, 0.4) is 0 Å². The summed E-state index contributed by atoms with van der Waals surface area (Å²) in [5, 5.41) is 7.42. The monoisotopic (exact) mass is 560 g/mol. The number of ether oxygens (including phenoxy) is 4. The van der Waals surface area contributed by atoms with Crippen LogP contribution < -0.4 is 10.1 Å². The van der Waals surface area contributed by atoms with Crippen LogP contribution in [0.5, 0.6) is 5.75 Å². The van der Waals surface area contributed by atoms with Gasteiger partial charge >= 0.3 is 0 Å². The van der Waals surface area contributed by atoms with Crippen molar-refractivity contribution in [3.8, 4) is 5.75 Å². The van der Waals surface area contributed by atoms with Crippen molar-refractivity contribution >= 4 is 38.5 Å². The number of benzene rings is 1. The Labute approximate surface area is 224 Å². The molecule has 0 radical (unpaired) electrons. The van der Waals surface area contributed by atoms with E-state index in [1.54, 1.807) is 38.8 Å².